The van der Waals surface area contributed by atoms with Gasteiger partial charge in [-0.05, 0) is 51.1 Å². The van der Waals surface area contributed by atoms with Crippen LogP contribution in [-0.2, 0) is 4.79 Å². The molecule has 2 heterocycles. The molecule has 1 N–H and O–H groups in total. The summed E-state index contributed by atoms with van der Waals surface area (Å²) in [5, 5.41) is 10.1. The minimum atomic E-state index is -0.155. The van der Waals surface area contributed by atoms with Crippen molar-refractivity contribution in [1.29, 1.82) is 0 Å². The standard InChI is InChI=1S/C19H35N3O2/c1-15(2)14-20-8-6-16(7-9-20)19(24)22-12-10-21(11-13-22)17-4-3-5-18(17)23/h15-18,23H,3-14H2,1-2H3/t17-,18+/m0/s1. The zero-order chi connectivity index (χ0) is 17.1. The Bertz CT molecular complexity index is 413. The third-order valence-corrected chi connectivity index (χ3v) is 6.10. The van der Waals surface area contributed by atoms with Crippen molar-refractivity contribution in [2.75, 3.05) is 45.8 Å². The highest BCUT2D eigenvalue weighted by atomic mass is 16.3. The van der Waals surface area contributed by atoms with Crippen LogP contribution in [0.4, 0.5) is 0 Å². The molecule has 2 saturated heterocycles. The molecule has 5 heteroatoms. The highest BCUT2D eigenvalue weighted by molar-refractivity contribution is 5.79. The Morgan fingerprint density at radius 3 is 2.21 bits per heavy atom. The fraction of sp³-hybridized carbons (Fsp3) is 0.947. The summed E-state index contributed by atoms with van der Waals surface area (Å²) in [6.07, 6.45) is 5.08. The maximum absolute atomic E-state index is 12.8. The first-order valence-corrected chi connectivity index (χ1v) is 9.98. The van der Waals surface area contributed by atoms with Crippen molar-refractivity contribution < 1.29 is 9.90 Å². The number of nitrogens with zero attached hydrogens (tertiary/aromatic N) is 3. The van der Waals surface area contributed by atoms with Crippen LogP contribution in [0.5, 0.6) is 0 Å². The molecule has 2 aliphatic heterocycles. The van der Waals surface area contributed by atoms with E-state index in [1.807, 2.05) is 0 Å². The molecule has 3 fully saturated rings. The average Bonchev–Trinajstić information content (AvgIpc) is 3.00. The van der Waals surface area contributed by atoms with Crippen LogP contribution in [0.3, 0.4) is 0 Å². The molecule has 0 unspecified atom stereocenters. The Morgan fingerprint density at radius 2 is 1.67 bits per heavy atom. The van der Waals surface area contributed by atoms with Crippen LogP contribution in [0.15, 0.2) is 0 Å². The van der Waals surface area contributed by atoms with E-state index in [4.69, 9.17) is 0 Å². The number of carbonyl (C=O) groups excluding carboxylic acids is 1. The summed E-state index contributed by atoms with van der Waals surface area (Å²) < 4.78 is 0. The molecular weight excluding hydrogens is 302 g/mol. The average molecular weight is 338 g/mol. The second-order valence-electron chi connectivity index (χ2n) is 8.40. The fourth-order valence-corrected chi connectivity index (χ4v) is 4.76. The molecule has 0 aromatic carbocycles. The minimum Gasteiger partial charge on any atom is -0.391 e. The van der Waals surface area contributed by atoms with Crippen LogP contribution < -0.4 is 0 Å². The molecule has 0 spiro atoms. The molecule has 24 heavy (non-hydrogen) atoms. The van der Waals surface area contributed by atoms with Crippen LogP contribution in [0.2, 0.25) is 0 Å². The monoisotopic (exact) mass is 337 g/mol. The molecule has 2 atom stereocenters. The van der Waals surface area contributed by atoms with E-state index < -0.39 is 0 Å². The highest BCUT2D eigenvalue weighted by Crippen LogP contribution is 2.26. The van der Waals surface area contributed by atoms with E-state index in [0.717, 1.165) is 77.9 Å². The van der Waals surface area contributed by atoms with Gasteiger partial charge in [0, 0.05) is 44.7 Å². The van der Waals surface area contributed by atoms with Crippen molar-refractivity contribution in [2.24, 2.45) is 11.8 Å². The number of likely N-dealkylation sites (tertiary alicyclic amines) is 1. The molecule has 1 amide bonds. The second-order valence-corrected chi connectivity index (χ2v) is 8.40. The maximum atomic E-state index is 12.8. The highest BCUT2D eigenvalue weighted by Gasteiger charge is 2.35. The largest absolute Gasteiger partial charge is 0.391 e. The molecular formula is C19H35N3O2. The van der Waals surface area contributed by atoms with Gasteiger partial charge >= 0.3 is 0 Å². The van der Waals surface area contributed by atoms with Crippen molar-refractivity contribution in [3.05, 3.63) is 0 Å². The lowest BCUT2D eigenvalue weighted by molar-refractivity contribution is -0.139. The number of carbonyl (C=O) groups is 1. The molecule has 138 valence electrons. The normalized spacial score (nSPS) is 31.1. The van der Waals surface area contributed by atoms with Gasteiger partial charge in [0.2, 0.25) is 5.91 Å². The Morgan fingerprint density at radius 1 is 1.00 bits per heavy atom. The topological polar surface area (TPSA) is 47.0 Å². The smallest absolute Gasteiger partial charge is 0.225 e. The number of piperidine rings is 1. The molecule has 1 aliphatic carbocycles. The SMILES string of the molecule is CC(C)CN1CCC(C(=O)N2CCN([C@H]3CCC[C@H]3O)CC2)CC1. The van der Waals surface area contributed by atoms with Gasteiger partial charge in [0.1, 0.15) is 0 Å². The molecule has 0 aromatic heterocycles. The zero-order valence-electron chi connectivity index (χ0n) is 15.5. The lowest BCUT2D eigenvalue weighted by Crippen LogP contribution is -2.55. The van der Waals surface area contributed by atoms with Crippen molar-refractivity contribution in [3.63, 3.8) is 0 Å². The number of aliphatic hydroxyl groups excluding tert-OH is 1. The number of aliphatic hydroxyl groups is 1. The first-order valence-electron chi connectivity index (χ1n) is 9.98. The van der Waals surface area contributed by atoms with Crippen molar-refractivity contribution >= 4 is 5.91 Å². The molecule has 5 nitrogen and oxygen atoms in total. The van der Waals surface area contributed by atoms with E-state index in [1.54, 1.807) is 0 Å². The molecule has 0 radical (unpaired) electrons. The molecule has 1 saturated carbocycles. The number of piperazine rings is 1. The molecule has 0 bridgehead atoms. The Kier molecular flexibility index (Phi) is 6.17. The van der Waals surface area contributed by atoms with Gasteiger partial charge in [-0.3, -0.25) is 9.69 Å². The summed E-state index contributed by atoms with van der Waals surface area (Å²) in [6.45, 7) is 11.4. The molecule has 3 aliphatic rings. The van der Waals surface area contributed by atoms with Crippen molar-refractivity contribution in [1.82, 2.24) is 14.7 Å². The van der Waals surface area contributed by atoms with Crippen molar-refractivity contribution in [3.8, 4) is 0 Å². The van der Waals surface area contributed by atoms with Gasteiger partial charge in [0.05, 0.1) is 6.10 Å². The first kappa shape index (κ1) is 18.2. The lowest BCUT2D eigenvalue weighted by Gasteiger charge is -2.41. The zero-order valence-corrected chi connectivity index (χ0v) is 15.5. The third kappa shape index (κ3) is 4.30. The second kappa shape index (κ2) is 8.15. The van der Waals surface area contributed by atoms with Crippen LogP contribution in [0.25, 0.3) is 0 Å². The number of rotatable bonds is 4. The minimum absolute atomic E-state index is 0.155. The van der Waals surface area contributed by atoms with Gasteiger partial charge < -0.3 is 14.9 Å². The van der Waals surface area contributed by atoms with Gasteiger partial charge in [0.25, 0.3) is 0 Å². The van der Waals surface area contributed by atoms with Gasteiger partial charge in [-0.15, -0.1) is 0 Å². The van der Waals surface area contributed by atoms with E-state index in [9.17, 15) is 9.90 Å². The summed E-state index contributed by atoms with van der Waals surface area (Å²) in [6, 6.07) is 0.335. The quantitative estimate of drug-likeness (QED) is 0.843. The van der Waals surface area contributed by atoms with Crippen LogP contribution in [0, 0.1) is 11.8 Å². The molecule has 3 rings (SSSR count). The Labute approximate surface area is 147 Å². The number of amides is 1. The Hall–Kier alpha value is -0.650. The molecule has 0 aromatic rings. The Balaban J connectivity index is 1.42. The van der Waals surface area contributed by atoms with Gasteiger partial charge in [0.15, 0.2) is 0 Å². The van der Waals surface area contributed by atoms with Gasteiger partial charge in [-0.2, -0.15) is 0 Å². The van der Waals surface area contributed by atoms with Crippen LogP contribution in [-0.4, -0.2) is 83.7 Å². The van der Waals surface area contributed by atoms with E-state index in [1.165, 1.54) is 0 Å². The summed E-state index contributed by atoms with van der Waals surface area (Å²) in [5.41, 5.74) is 0. The van der Waals surface area contributed by atoms with Crippen LogP contribution in [0.1, 0.15) is 46.0 Å². The third-order valence-electron chi connectivity index (χ3n) is 6.10. The van der Waals surface area contributed by atoms with E-state index >= 15 is 0 Å². The van der Waals surface area contributed by atoms with E-state index in [0.29, 0.717) is 17.9 Å². The lowest BCUT2D eigenvalue weighted by atomic mass is 9.94. The first-order chi connectivity index (χ1) is 11.5. The van der Waals surface area contributed by atoms with Crippen LogP contribution >= 0.6 is 0 Å². The van der Waals surface area contributed by atoms with E-state index in [-0.39, 0.29) is 12.0 Å². The number of hydrogen-bond donors (Lipinski definition) is 1. The van der Waals surface area contributed by atoms with Crippen molar-refractivity contribution in [2.45, 2.75) is 58.1 Å². The number of hydrogen-bond acceptors (Lipinski definition) is 4. The predicted octanol–water partition coefficient (Wildman–Crippen LogP) is 1.41. The summed E-state index contributed by atoms with van der Waals surface area (Å²) in [5.74, 6) is 1.32. The van der Waals surface area contributed by atoms with Gasteiger partial charge in [-0.1, -0.05) is 13.8 Å². The van der Waals surface area contributed by atoms with E-state index in [2.05, 4.69) is 28.5 Å². The van der Waals surface area contributed by atoms with Gasteiger partial charge in [-0.25, -0.2) is 0 Å². The predicted molar refractivity (Wildman–Crippen MR) is 95.8 cm³/mol. The summed E-state index contributed by atoms with van der Waals surface area (Å²) in [4.78, 5) is 19.8. The fourth-order valence-electron chi connectivity index (χ4n) is 4.76. The summed E-state index contributed by atoms with van der Waals surface area (Å²) in [7, 11) is 0. The summed E-state index contributed by atoms with van der Waals surface area (Å²) >= 11 is 0. The maximum Gasteiger partial charge on any atom is 0.225 e.